The Kier molecular flexibility index (Phi) is 5.58. The van der Waals surface area contributed by atoms with Gasteiger partial charge in [-0.05, 0) is 36.6 Å². The van der Waals surface area contributed by atoms with Crippen LogP contribution in [0.3, 0.4) is 0 Å². The van der Waals surface area contributed by atoms with E-state index in [0.29, 0.717) is 11.2 Å². The lowest BCUT2D eigenvalue weighted by atomic mass is 10.2. The van der Waals surface area contributed by atoms with Crippen LogP contribution in [0.5, 0.6) is 0 Å². The fraction of sp³-hybridized carbons (Fsp3) is 0.158. The Morgan fingerprint density at radius 3 is 2.69 bits per heavy atom. The molecular weight excluding hydrogens is 368 g/mol. The van der Waals surface area contributed by atoms with Gasteiger partial charge in [-0.3, -0.25) is 9.78 Å². The second-order valence-corrected chi connectivity index (χ2v) is 8.64. The van der Waals surface area contributed by atoms with E-state index in [1.54, 1.807) is 36.2 Å². The summed E-state index contributed by atoms with van der Waals surface area (Å²) in [4.78, 5) is 17.5. The lowest BCUT2D eigenvalue weighted by molar-refractivity contribution is -0.115. The van der Waals surface area contributed by atoms with E-state index in [4.69, 9.17) is 0 Å². The number of rotatable bonds is 6. The molecule has 1 N–H and O–H groups in total. The molecule has 134 valence electrons. The molecular formula is C19H18N2O3S2. The number of para-hydroxylation sites is 1. The number of amides is 1. The van der Waals surface area contributed by atoms with Crippen molar-refractivity contribution in [1.29, 1.82) is 0 Å². The first kappa shape index (κ1) is 18.4. The quantitative estimate of drug-likeness (QED) is 0.653. The van der Waals surface area contributed by atoms with E-state index >= 15 is 0 Å². The number of hydrogen-bond donors (Lipinski definition) is 1. The third-order valence-electron chi connectivity index (χ3n) is 3.88. The van der Waals surface area contributed by atoms with Gasteiger partial charge in [-0.25, -0.2) is 8.42 Å². The monoisotopic (exact) mass is 386 g/mol. The number of carbonyl (C=O) groups is 1. The summed E-state index contributed by atoms with van der Waals surface area (Å²) >= 11 is 1.57. The molecule has 26 heavy (non-hydrogen) atoms. The molecule has 0 aliphatic carbocycles. The Morgan fingerprint density at radius 1 is 1.12 bits per heavy atom. The summed E-state index contributed by atoms with van der Waals surface area (Å²) in [6.07, 6.45) is 3.40. The highest BCUT2D eigenvalue weighted by molar-refractivity contribution is 7.98. The summed E-state index contributed by atoms with van der Waals surface area (Å²) in [7, 11) is -3.61. The van der Waals surface area contributed by atoms with Crippen molar-refractivity contribution in [3.63, 3.8) is 0 Å². The molecule has 0 aliphatic heterocycles. The number of anilines is 1. The predicted octanol–water partition coefficient (Wildman–Crippen LogP) is 3.76. The molecule has 3 rings (SSSR count). The number of benzene rings is 2. The number of fused-ring (bicyclic) bond motifs is 1. The Hall–Kier alpha value is -2.38. The molecule has 0 saturated heterocycles. The normalized spacial score (nSPS) is 11.4. The molecule has 0 unspecified atom stereocenters. The fourth-order valence-corrected chi connectivity index (χ4v) is 4.47. The molecule has 5 nitrogen and oxygen atoms in total. The highest BCUT2D eigenvalue weighted by atomic mass is 32.2. The summed E-state index contributed by atoms with van der Waals surface area (Å²) in [6, 6.07) is 16.0. The van der Waals surface area contributed by atoms with Crippen LogP contribution >= 0.6 is 11.8 Å². The molecule has 0 fully saturated rings. The van der Waals surface area contributed by atoms with E-state index in [-0.39, 0.29) is 23.0 Å². The highest BCUT2D eigenvalue weighted by Crippen LogP contribution is 2.23. The zero-order valence-electron chi connectivity index (χ0n) is 14.2. The van der Waals surface area contributed by atoms with Gasteiger partial charge in [-0.2, -0.15) is 0 Å². The smallest absolute Gasteiger partial charge is 0.225 e. The van der Waals surface area contributed by atoms with E-state index in [1.165, 1.54) is 6.07 Å². The van der Waals surface area contributed by atoms with E-state index in [0.717, 1.165) is 10.3 Å². The van der Waals surface area contributed by atoms with Gasteiger partial charge in [0.2, 0.25) is 5.91 Å². The van der Waals surface area contributed by atoms with Crippen LogP contribution < -0.4 is 5.32 Å². The molecule has 0 spiro atoms. The Bertz CT molecular complexity index is 1040. The average Bonchev–Trinajstić information content (AvgIpc) is 2.66. The number of aromatic nitrogens is 1. The molecule has 1 amide bonds. The average molecular weight is 386 g/mol. The molecule has 0 radical (unpaired) electrons. The zero-order chi connectivity index (χ0) is 18.6. The lowest BCUT2D eigenvalue weighted by Gasteiger charge is -2.09. The summed E-state index contributed by atoms with van der Waals surface area (Å²) < 4.78 is 25.4. The van der Waals surface area contributed by atoms with Crippen molar-refractivity contribution in [3.8, 4) is 0 Å². The van der Waals surface area contributed by atoms with Gasteiger partial charge in [-0.15, -0.1) is 11.8 Å². The van der Waals surface area contributed by atoms with Gasteiger partial charge in [0.1, 0.15) is 0 Å². The van der Waals surface area contributed by atoms with Gasteiger partial charge < -0.3 is 5.32 Å². The number of hydrogen-bond acceptors (Lipinski definition) is 5. The van der Waals surface area contributed by atoms with E-state index in [1.807, 2.05) is 36.6 Å². The van der Waals surface area contributed by atoms with E-state index in [2.05, 4.69) is 10.3 Å². The lowest BCUT2D eigenvalue weighted by Crippen LogP contribution is -2.17. The van der Waals surface area contributed by atoms with Crippen LogP contribution in [0.4, 0.5) is 5.69 Å². The van der Waals surface area contributed by atoms with Gasteiger partial charge in [0.05, 0.1) is 16.2 Å². The molecule has 1 aromatic heterocycles. The highest BCUT2D eigenvalue weighted by Gasteiger charge is 2.20. The third kappa shape index (κ3) is 4.23. The molecule has 0 saturated carbocycles. The number of pyridine rings is 1. The van der Waals surface area contributed by atoms with Crippen LogP contribution in [0.15, 0.2) is 70.6 Å². The second-order valence-electron chi connectivity index (χ2n) is 5.68. The Labute approximate surface area is 156 Å². The summed E-state index contributed by atoms with van der Waals surface area (Å²) in [5.74, 6) is -0.600. The van der Waals surface area contributed by atoms with Gasteiger partial charge in [0.25, 0.3) is 0 Å². The van der Waals surface area contributed by atoms with Crippen molar-refractivity contribution in [1.82, 2.24) is 4.98 Å². The van der Waals surface area contributed by atoms with Crippen molar-refractivity contribution >= 4 is 44.1 Å². The molecule has 0 aliphatic rings. The molecule has 7 heteroatoms. The number of thioether (sulfide) groups is 1. The molecule has 0 bridgehead atoms. The number of sulfone groups is 1. The van der Waals surface area contributed by atoms with Crippen molar-refractivity contribution < 1.29 is 13.2 Å². The Morgan fingerprint density at radius 2 is 1.88 bits per heavy atom. The maximum Gasteiger partial charge on any atom is 0.225 e. The third-order valence-corrected chi connectivity index (χ3v) is 6.35. The first-order valence-electron chi connectivity index (χ1n) is 8.00. The Balaban J connectivity index is 1.72. The van der Waals surface area contributed by atoms with Crippen LogP contribution in [0.1, 0.15) is 6.42 Å². The van der Waals surface area contributed by atoms with Crippen LogP contribution in [-0.4, -0.2) is 31.3 Å². The van der Waals surface area contributed by atoms with Gasteiger partial charge in [0, 0.05) is 28.6 Å². The van der Waals surface area contributed by atoms with E-state index in [9.17, 15) is 13.2 Å². The maximum absolute atomic E-state index is 12.7. The number of nitrogens with one attached hydrogen (secondary N) is 1. The van der Waals surface area contributed by atoms with Crippen LogP contribution in [0.25, 0.3) is 10.9 Å². The van der Waals surface area contributed by atoms with Crippen molar-refractivity contribution in [2.24, 2.45) is 0 Å². The standard InChI is InChI=1S/C19H18N2O3S2/c1-25-16-8-3-7-15(13-16)21-18(22)10-12-26(23,24)17-9-2-5-14-6-4-11-20-19(14)17/h2-9,11,13H,10,12H2,1H3,(H,21,22). The van der Waals surface area contributed by atoms with Crippen LogP contribution in [0.2, 0.25) is 0 Å². The predicted molar refractivity (Wildman–Crippen MR) is 105 cm³/mol. The minimum Gasteiger partial charge on any atom is -0.326 e. The van der Waals surface area contributed by atoms with Crippen molar-refractivity contribution in [3.05, 3.63) is 60.8 Å². The van der Waals surface area contributed by atoms with Crippen LogP contribution in [0, 0.1) is 0 Å². The molecule has 0 atom stereocenters. The van der Waals surface area contributed by atoms with Gasteiger partial charge >= 0.3 is 0 Å². The van der Waals surface area contributed by atoms with Gasteiger partial charge in [0.15, 0.2) is 9.84 Å². The minimum absolute atomic E-state index is 0.116. The molecule has 2 aromatic carbocycles. The van der Waals surface area contributed by atoms with Crippen LogP contribution in [-0.2, 0) is 14.6 Å². The van der Waals surface area contributed by atoms with Gasteiger partial charge in [-0.1, -0.05) is 24.3 Å². The molecule has 3 aromatic rings. The minimum atomic E-state index is -3.61. The maximum atomic E-state index is 12.7. The first-order chi connectivity index (χ1) is 12.5. The summed E-state index contributed by atoms with van der Waals surface area (Å²) in [6.45, 7) is 0. The zero-order valence-corrected chi connectivity index (χ0v) is 15.8. The van der Waals surface area contributed by atoms with Crippen molar-refractivity contribution in [2.75, 3.05) is 17.3 Å². The topological polar surface area (TPSA) is 76.1 Å². The number of nitrogens with zero attached hydrogens (tertiary/aromatic N) is 1. The summed E-state index contributed by atoms with van der Waals surface area (Å²) in [5, 5.41) is 3.50. The first-order valence-corrected chi connectivity index (χ1v) is 10.9. The second kappa shape index (κ2) is 7.88. The number of carbonyl (C=O) groups excluding carboxylic acids is 1. The summed E-state index contributed by atoms with van der Waals surface area (Å²) in [5.41, 5.74) is 1.09. The molecule has 1 heterocycles. The van der Waals surface area contributed by atoms with Crippen molar-refractivity contribution in [2.45, 2.75) is 16.2 Å². The largest absolute Gasteiger partial charge is 0.326 e. The SMILES string of the molecule is CSc1cccc(NC(=O)CCS(=O)(=O)c2cccc3cccnc23)c1. The van der Waals surface area contributed by atoms with E-state index < -0.39 is 9.84 Å². The fourth-order valence-electron chi connectivity index (χ4n) is 2.59.